The summed E-state index contributed by atoms with van der Waals surface area (Å²) in [6.07, 6.45) is 0. The highest BCUT2D eigenvalue weighted by Gasteiger charge is 2.12. The van der Waals surface area contributed by atoms with Crippen molar-refractivity contribution < 1.29 is 4.39 Å². The number of hydrogen-bond donors (Lipinski definition) is 2. The van der Waals surface area contributed by atoms with Crippen LogP contribution in [0.4, 0.5) is 10.3 Å². The molecule has 1 aromatic carbocycles. The second kappa shape index (κ2) is 4.92. The van der Waals surface area contributed by atoms with E-state index < -0.39 is 0 Å². The van der Waals surface area contributed by atoms with Gasteiger partial charge in [-0.3, -0.25) is 0 Å². The van der Waals surface area contributed by atoms with E-state index in [1.165, 1.54) is 12.1 Å². The number of hydrogen-bond acceptors (Lipinski definition) is 2. The monoisotopic (exact) mass is 255 g/mol. The molecule has 1 aromatic heterocycles. The molecule has 17 heavy (non-hydrogen) atoms. The number of alkyl halides is 1. The number of aromatic amines is 1. The Kier molecular flexibility index (Phi) is 3.52. The van der Waals surface area contributed by atoms with Crippen molar-refractivity contribution in [3.8, 4) is 0 Å². The maximum Gasteiger partial charge on any atom is 0.201 e. The van der Waals surface area contributed by atoms with Gasteiger partial charge in [0.05, 0.1) is 11.0 Å². The van der Waals surface area contributed by atoms with Gasteiger partial charge >= 0.3 is 0 Å². The minimum atomic E-state index is -0.269. The standard InChI is InChI=1S/C12H15ClFN3/c1-7(6-13)8(2)15-12-16-10-4-3-9(14)5-11(10)17-12/h3-5,7-8H,6H2,1-2H3,(H2,15,16,17). The van der Waals surface area contributed by atoms with Crippen LogP contribution < -0.4 is 5.32 Å². The van der Waals surface area contributed by atoms with Gasteiger partial charge in [0.1, 0.15) is 5.82 Å². The predicted octanol–water partition coefficient (Wildman–Crippen LogP) is 3.38. The van der Waals surface area contributed by atoms with E-state index in [4.69, 9.17) is 11.6 Å². The van der Waals surface area contributed by atoms with Crippen molar-refractivity contribution in [3.63, 3.8) is 0 Å². The lowest BCUT2D eigenvalue weighted by Crippen LogP contribution is -2.25. The third kappa shape index (κ3) is 2.69. The van der Waals surface area contributed by atoms with Crippen LogP contribution in [0.15, 0.2) is 18.2 Å². The molecule has 0 fully saturated rings. The van der Waals surface area contributed by atoms with Gasteiger partial charge in [-0.25, -0.2) is 9.37 Å². The fourth-order valence-corrected chi connectivity index (χ4v) is 1.81. The zero-order chi connectivity index (χ0) is 12.4. The van der Waals surface area contributed by atoms with E-state index in [0.717, 1.165) is 5.52 Å². The molecule has 0 spiro atoms. The molecule has 1 heterocycles. The predicted molar refractivity (Wildman–Crippen MR) is 69.0 cm³/mol. The molecule has 2 N–H and O–H groups in total. The Balaban J connectivity index is 2.19. The smallest absolute Gasteiger partial charge is 0.201 e. The number of imidazole rings is 1. The summed E-state index contributed by atoms with van der Waals surface area (Å²) in [4.78, 5) is 7.38. The van der Waals surface area contributed by atoms with Gasteiger partial charge in [-0.2, -0.15) is 0 Å². The molecule has 0 aliphatic rings. The summed E-state index contributed by atoms with van der Waals surface area (Å²) in [5.74, 6) is 1.30. The summed E-state index contributed by atoms with van der Waals surface area (Å²) in [5.41, 5.74) is 1.44. The summed E-state index contributed by atoms with van der Waals surface area (Å²) in [6, 6.07) is 4.70. The number of fused-ring (bicyclic) bond motifs is 1. The second-order valence-corrected chi connectivity index (χ2v) is 4.62. The van der Waals surface area contributed by atoms with Crippen LogP contribution in [0.25, 0.3) is 11.0 Å². The third-order valence-corrected chi connectivity index (χ3v) is 3.39. The molecule has 0 saturated carbocycles. The second-order valence-electron chi connectivity index (χ2n) is 4.31. The van der Waals surface area contributed by atoms with Crippen molar-refractivity contribution in [3.05, 3.63) is 24.0 Å². The van der Waals surface area contributed by atoms with Crippen molar-refractivity contribution >= 4 is 28.6 Å². The first-order valence-corrected chi connectivity index (χ1v) is 6.11. The molecule has 3 nitrogen and oxygen atoms in total. The van der Waals surface area contributed by atoms with Gasteiger partial charge < -0.3 is 10.3 Å². The average Bonchev–Trinajstić information content (AvgIpc) is 2.69. The Labute approximate surface area is 104 Å². The van der Waals surface area contributed by atoms with E-state index in [-0.39, 0.29) is 11.9 Å². The number of halogens is 2. The lowest BCUT2D eigenvalue weighted by atomic mass is 10.1. The summed E-state index contributed by atoms with van der Waals surface area (Å²) in [7, 11) is 0. The van der Waals surface area contributed by atoms with E-state index in [2.05, 4.69) is 22.2 Å². The van der Waals surface area contributed by atoms with Crippen LogP contribution in [-0.2, 0) is 0 Å². The van der Waals surface area contributed by atoms with E-state index >= 15 is 0 Å². The minimum absolute atomic E-state index is 0.206. The molecule has 0 amide bonds. The number of anilines is 1. The Bertz CT molecular complexity index is 511. The van der Waals surface area contributed by atoms with Gasteiger partial charge in [-0.05, 0) is 31.0 Å². The average molecular weight is 256 g/mol. The lowest BCUT2D eigenvalue weighted by molar-refractivity contribution is 0.563. The first kappa shape index (κ1) is 12.2. The highest BCUT2D eigenvalue weighted by atomic mass is 35.5. The molecular formula is C12H15ClFN3. The summed E-state index contributed by atoms with van der Waals surface area (Å²) in [6.45, 7) is 4.10. The molecular weight excluding hydrogens is 241 g/mol. The number of benzene rings is 1. The van der Waals surface area contributed by atoms with E-state index in [1.54, 1.807) is 6.07 Å². The normalized spacial score (nSPS) is 14.8. The van der Waals surface area contributed by atoms with Gasteiger partial charge in [0, 0.05) is 11.9 Å². The Morgan fingerprint density at radius 2 is 2.24 bits per heavy atom. The van der Waals surface area contributed by atoms with Gasteiger partial charge in [-0.1, -0.05) is 6.92 Å². The minimum Gasteiger partial charge on any atom is -0.353 e. The third-order valence-electron chi connectivity index (χ3n) is 2.91. The molecule has 0 bridgehead atoms. The van der Waals surface area contributed by atoms with Crippen LogP contribution in [0.1, 0.15) is 13.8 Å². The number of H-pyrrole nitrogens is 1. The Morgan fingerprint density at radius 1 is 1.47 bits per heavy atom. The highest BCUT2D eigenvalue weighted by Crippen LogP contribution is 2.17. The van der Waals surface area contributed by atoms with Gasteiger partial charge in [0.15, 0.2) is 0 Å². The van der Waals surface area contributed by atoms with Crippen LogP contribution in [0.5, 0.6) is 0 Å². The van der Waals surface area contributed by atoms with Crippen molar-refractivity contribution in [2.45, 2.75) is 19.9 Å². The molecule has 0 radical (unpaired) electrons. The fourth-order valence-electron chi connectivity index (χ4n) is 1.54. The number of aromatic nitrogens is 2. The van der Waals surface area contributed by atoms with Crippen molar-refractivity contribution in [2.75, 3.05) is 11.2 Å². The first-order valence-electron chi connectivity index (χ1n) is 5.58. The van der Waals surface area contributed by atoms with E-state index in [1.807, 2.05) is 6.92 Å². The zero-order valence-corrected chi connectivity index (χ0v) is 10.6. The van der Waals surface area contributed by atoms with Gasteiger partial charge in [0.25, 0.3) is 0 Å². The molecule has 0 aliphatic carbocycles. The topological polar surface area (TPSA) is 40.7 Å². The maximum atomic E-state index is 13.0. The molecule has 2 atom stereocenters. The van der Waals surface area contributed by atoms with Gasteiger partial charge in [0.2, 0.25) is 5.95 Å². The quantitative estimate of drug-likeness (QED) is 0.823. The van der Waals surface area contributed by atoms with E-state index in [0.29, 0.717) is 23.3 Å². The summed E-state index contributed by atoms with van der Waals surface area (Å²) < 4.78 is 13.0. The largest absolute Gasteiger partial charge is 0.353 e. The highest BCUT2D eigenvalue weighted by molar-refractivity contribution is 6.18. The molecule has 2 rings (SSSR count). The van der Waals surface area contributed by atoms with Crippen LogP contribution in [0.3, 0.4) is 0 Å². The van der Waals surface area contributed by atoms with Gasteiger partial charge in [-0.15, -0.1) is 11.6 Å². The lowest BCUT2D eigenvalue weighted by Gasteiger charge is -2.18. The van der Waals surface area contributed by atoms with Crippen LogP contribution in [0, 0.1) is 11.7 Å². The summed E-state index contributed by atoms with van der Waals surface area (Å²) >= 11 is 5.79. The van der Waals surface area contributed by atoms with Crippen LogP contribution >= 0.6 is 11.6 Å². The van der Waals surface area contributed by atoms with Crippen molar-refractivity contribution in [1.29, 1.82) is 0 Å². The number of nitrogens with zero attached hydrogens (tertiary/aromatic N) is 1. The molecule has 0 aliphatic heterocycles. The Morgan fingerprint density at radius 3 is 2.94 bits per heavy atom. The fraction of sp³-hybridized carbons (Fsp3) is 0.417. The molecule has 0 saturated heterocycles. The van der Waals surface area contributed by atoms with Crippen LogP contribution in [-0.4, -0.2) is 21.9 Å². The first-order chi connectivity index (χ1) is 8.10. The Hall–Kier alpha value is -1.29. The van der Waals surface area contributed by atoms with E-state index in [9.17, 15) is 4.39 Å². The molecule has 5 heteroatoms. The molecule has 2 unspecified atom stereocenters. The number of rotatable bonds is 4. The zero-order valence-electron chi connectivity index (χ0n) is 9.80. The summed E-state index contributed by atoms with van der Waals surface area (Å²) in [5, 5.41) is 3.23. The SMILES string of the molecule is CC(CCl)C(C)Nc1nc2ccc(F)cc2[nH]1. The molecule has 2 aromatic rings. The molecule has 92 valence electrons. The van der Waals surface area contributed by atoms with Crippen LogP contribution in [0.2, 0.25) is 0 Å². The maximum absolute atomic E-state index is 13.0. The van der Waals surface area contributed by atoms with Crippen molar-refractivity contribution in [1.82, 2.24) is 9.97 Å². The number of nitrogens with one attached hydrogen (secondary N) is 2. The van der Waals surface area contributed by atoms with Crippen molar-refractivity contribution in [2.24, 2.45) is 5.92 Å².